The molecule has 1 heterocycles. The first-order valence-electron chi connectivity index (χ1n) is 4.92. The fraction of sp³-hybridized carbons (Fsp3) is 1.00. The summed E-state index contributed by atoms with van der Waals surface area (Å²) in [6.45, 7) is 4.66. The number of nitrogens with one attached hydrogen (secondary N) is 1. The zero-order valence-corrected chi connectivity index (χ0v) is 11.2. The molecule has 0 unspecified atom stereocenters. The normalized spacial score (nSPS) is 26.2. The molecule has 0 atom stereocenters. The van der Waals surface area contributed by atoms with Gasteiger partial charge in [0.1, 0.15) is 0 Å². The maximum atomic E-state index is 11.3. The van der Waals surface area contributed by atoms with Gasteiger partial charge in [-0.1, -0.05) is 0 Å². The zero-order valence-electron chi connectivity index (χ0n) is 9.39. The van der Waals surface area contributed by atoms with Gasteiger partial charge >= 0.3 is 95.2 Å². The summed E-state index contributed by atoms with van der Waals surface area (Å²) in [7, 11) is -8.18. The van der Waals surface area contributed by atoms with Gasteiger partial charge in [-0.25, -0.2) is 0 Å². The van der Waals surface area contributed by atoms with Gasteiger partial charge in [0, 0.05) is 0 Å². The Balaban J connectivity index is 2.83. The molecule has 0 amide bonds. The summed E-state index contributed by atoms with van der Waals surface area (Å²) >= 11 is 0. The van der Waals surface area contributed by atoms with Crippen LogP contribution in [-0.2, 0) is 18.8 Å². The van der Waals surface area contributed by atoms with Gasteiger partial charge in [-0.15, -0.1) is 0 Å². The van der Waals surface area contributed by atoms with Crippen LogP contribution in [0.2, 0.25) is 0 Å². The van der Waals surface area contributed by atoms with E-state index in [-0.39, 0.29) is 31.7 Å². The molecule has 0 aromatic rings. The van der Waals surface area contributed by atoms with E-state index in [9.17, 15) is 13.0 Å². The topological polar surface area (TPSA) is 111 Å². The molecule has 7 nitrogen and oxygen atoms in total. The minimum absolute atomic E-state index is 0.215. The molecule has 1 aliphatic heterocycles. The van der Waals surface area contributed by atoms with Crippen molar-refractivity contribution in [1.82, 2.24) is 5.09 Å². The second-order valence-electron chi connectivity index (χ2n) is 4.49. The molecule has 0 radical (unpaired) electrons. The van der Waals surface area contributed by atoms with Crippen LogP contribution >= 0.6 is 7.07 Å². The summed E-state index contributed by atoms with van der Waals surface area (Å²) in [5.74, 6) is 0. The van der Waals surface area contributed by atoms with E-state index in [1.807, 2.05) is 13.8 Å². The minimum atomic E-state index is -4.38. The van der Waals surface area contributed by atoms with Gasteiger partial charge in [0.25, 0.3) is 0 Å². The Labute approximate surface area is 95.7 Å². The van der Waals surface area contributed by atoms with Crippen molar-refractivity contribution in [3.05, 3.63) is 0 Å². The van der Waals surface area contributed by atoms with Gasteiger partial charge in [-0.2, -0.15) is 0 Å². The number of rotatable bonds is 4. The molecule has 0 aromatic carbocycles. The molecule has 1 saturated heterocycles. The van der Waals surface area contributed by atoms with E-state index in [0.29, 0.717) is 0 Å². The van der Waals surface area contributed by atoms with Crippen LogP contribution in [0, 0.1) is 5.41 Å². The first-order valence-corrected chi connectivity index (χ1v) is 8.91. The van der Waals surface area contributed by atoms with Crippen LogP contribution in [0.4, 0.5) is 0 Å². The molecule has 0 saturated carbocycles. The van der Waals surface area contributed by atoms with Crippen LogP contribution < -0.4 is 10.8 Å². The van der Waals surface area contributed by atoms with Gasteiger partial charge in [-0.05, 0) is 0 Å². The SMILES string of the molecule is CC1(C)CO[PH](NCCN)(S(=O)(=O)O)OC1. The summed E-state index contributed by atoms with van der Waals surface area (Å²) in [6, 6.07) is 0. The third kappa shape index (κ3) is 3.10. The molecule has 0 bridgehead atoms. The van der Waals surface area contributed by atoms with Crippen LogP contribution in [0.5, 0.6) is 0 Å². The average Bonchev–Trinajstić information content (AvgIpc) is 2.15. The van der Waals surface area contributed by atoms with Gasteiger partial charge in [0.15, 0.2) is 0 Å². The molecule has 98 valence electrons. The van der Waals surface area contributed by atoms with Crippen molar-refractivity contribution >= 4 is 16.8 Å². The Hall–Kier alpha value is 0.180. The third-order valence-corrected chi connectivity index (χ3v) is 7.72. The number of hydrogen-bond donors (Lipinski definition) is 3. The van der Waals surface area contributed by atoms with Crippen LogP contribution in [0.1, 0.15) is 13.8 Å². The summed E-state index contributed by atoms with van der Waals surface area (Å²) in [4.78, 5) is 0. The second kappa shape index (κ2) is 4.81. The Morgan fingerprint density at radius 3 is 2.31 bits per heavy atom. The van der Waals surface area contributed by atoms with Crippen LogP contribution in [0.3, 0.4) is 0 Å². The Bertz CT molecular complexity index is 335. The first-order chi connectivity index (χ1) is 7.22. The Morgan fingerprint density at radius 2 is 1.94 bits per heavy atom. The summed E-state index contributed by atoms with van der Waals surface area (Å²) < 4.78 is 42.3. The first kappa shape index (κ1) is 14.2. The standard InChI is InChI=1S/C7H19N2O5PS/c1-7(2)5-13-15(14-6-7,9-4-3-8)16(10,11)12/h9,15H,3-6,8H2,1-2H3,(H,10,11,12). The molecule has 1 aliphatic rings. The number of nitrogens with two attached hydrogens (primary N) is 1. The molecule has 9 heteroatoms. The van der Waals surface area contributed by atoms with Crippen molar-refractivity contribution in [1.29, 1.82) is 0 Å². The molecule has 0 aliphatic carbocycles. The van der Waals surface area contributed by atoms with Crippen molar-refractivity contribution in [2.24, 2.45) is 11.1 Å². The van der Waals surface area contributed by atoms with Gasteiger partial charge < -0.3 is 0 Å². The maximum absolute atomic E-state index is 11.3. The van der Waals surface area contributed by atoms with Crippen molar-refractivity contribution in [3.63, 3.8) is 0 Å². The summed E-state index contributed by atoms with van der Waals surface area (Å²) in [5.41, 5.74) is 5.01. The van der Waals surface area contributed by atoms with E-state index < -0.39 is 16.8 Å². The van der Waals surface area contributed by atoms with Crippen LogP contribution in [0.15, 0.2) is 0 Å². The van der Waals surface area contributed by atoms with Crippen molar-refractivity contribution in [3.8, 4) is 0 Å². The molecule has 1 fully saturated rings. The summed E-state index contributed by atoms with van der Waals surface area (Å²) in [6.07, 6.45) is 0. The molecule has 0 spiro atoms. The average molecular weight is 274 g/mol. The van der Waals surface area contributed by atoms with Gasteiger partial charge in [0.05, 0.1) is 0 Å². The van der Waals surface area contributed by atoms with E-state index in [2.05, 4.69) is 5.09 Å². The predicted molar refractivity (Wildman–Crippen MR) is 62.6 cm³/mol. The van der Waals surface area contributed by atoms with Gasteiger partial charge in [0.2, 0.25) is 0 Å². The van der Waals surface area contributed by atoms with E-state index in [1.54, 1.807) is 0 Å². The zero-order chi connectivity index (χ0) is 12.4. The fourth-order valence-electron chi connectivity index (χ4n) is 1.23. The fourth-order valence-corrected chi connectivity index (χ4v) is 5.71. The molecular formula is C7H19N2O5PS. The Kier molecular flexibility index (Phi) is 4.29. The van der Waals surface area contributed by atoms with E-state index in [1.165, 1.54) is 0 Å². The van der Waals surface area contributed by atoms with Crippen LogP contribution in [0.25, 0.3) is 0 Å². The van der Waals surface area contributed by atoms with E-state index in [0.717, 1.165) is 0 Å². The monoisotopic (exact) mass is 274 g/mol. The quantitative estimate of drug-likeness (QED) is 0.485. The predicted octanol–water partition coefficient (Wildman–Crippen LogP) is -0.0946. The molecule has 0 aromatic heterocycles. The third-order valence-electron chi connectivity index (χ3n) is 2.13. The summed E-state index contributed by atoms with van der Waals surface area (Å²) in [5, 5.41) is 2.59. The van der Waals surface area contributed by atoms with Crippen molar-refractivity contribution in [2.45, 2.75) is 13.8 Å². The molecule has 16 heavy (non-hydrogen) atoms. The van der Waals surface area contributed by atoms with Crippen LogP contribution in [-0.4, -0.2) is 39.3 Å². The van der Waals surface area contributed by atoms with Crippen molar-refractivity contribution < 1.29 is 22.0 Å². The van der Waals surface area contributed by atoms with E-state index in [4.69, 9.17) is 14.8 Å². The van der Waals surface area contributed by atoms with Crippen molar-refractivity contribution in [2.75, 3.05) is 26.3 Å². The molecule has 4 N–H and O–H groups in total. The number of hydrogen-bond acceptors (Lipinski definition) is 6. The molecule has 1 rings (SSSR count). The van der Waals surface area contributed by atoms with E-state index >= 15 is 0 Å². The Morgan fingerprint density at radius 1 is 1.44 bits per heavy atom. The van der Waals surface area contributed by atoms with Gasteiger partial charge in [-0.3, -0.25) is 0 Å². The molecular weight excluding hydrogens is 255 g/mol. The second-order valence-corrected chi connectivity index (χ2v) is 10.6.